The van der Waals surface area contributed by atoms with E-state index in [-0.39, 0.29) is 11.1 Å². The Bertz CT molecular complexity index is 2730. The lowest BCUT2D eigenvalue weighted by atomic mass is 10.1. The summed E-state index contributed by atoms with van der Waals surface area (Å²) < 4.78 is 5.73. The highest BCUT2D eigenvalue weighted by Crippen LogP contribution is 2.36. The van der Waals surface area contributed by atoms with E-state index in [0.29, 0.717) is 16.4 Å². The van der Waals surface area contributed by atoms with Crippen LogP contribution in [0.2, 0.25) is 0 Å². The largest absolute Gasteiger partial charge is 0.494 e. The number of hydrogen-bond acceptors (Lipinski definition) is 8. The Morgan fingerprint density at radius 2 is 0.871 bits per heavy atom. The van der Waals surface area contributed by atoms with Crippen LogP contribution in [0.3, 0.4) is 0 Å². The van der Waals surface area contributed by atoms with Gasteiger partial charge in [-0.2, -0.15) is 10.5 Å². The molecule has 0 aliphatic heterocycles. The highest BCUT2D eigenvalue weighted by molar-refractivity contribution is 7.16. The lowest BCUT2D eigenvalue weighted by Crippen LogP contribution is -2.09. The number of ether oxygens (including phenoxy) is 1. The van der Waals surface area contributed by atoms with Crippen LogP contribution in [0.4, 0.5) is 17.1 Å². The maximum Gasteiger partial charge on any atom is 0.346 e. The Kier molecular flexibility index (Phi) is 13.5. The molecule has 0 aliphatic rings. The van der Waals surface area contributed by atoms with Crippen LogP contribution >= 0.6 is 22.7 Å². The molecule has 0 bridgehead atoms. The zero-order valence-corrected chi connectivity index (χ0v) is 34.9. The van der Waals surface area contributed by atoms with E-state index in [1.807, 2.05) is 91.9 Å². The summed E-state index contributed by atoms with van der Waals surface area (Å²) >= 11 is 2.86. The lowest BCUT2D eigenvalue weighted by molar-refractivity contribution is -0.133. The van der Waals surface area contributed by atoms with Crippen LogP contribution in [-0.2, 0) is 9.59 Å². The van der Waals surface area contributed by atoms with Gasteiger partial charge in [0, 0.05) is 36.6 Å². The second-order valence-corrected chi connectivity index (χ2v) is 15.9. The van der Waals surface area contributed by atoms with Gasteiger partial charge in [0.2, 0.25) is 0 Å². The molecule has 2 N–H and O–H groups in total. The SMILES string of the molecule is CCOc1ccc(N(c2ccc(/C=C/c3ccc(-c4ccc(/C=C(\C#N)C(=O)O)s4)cc3)cc2)c2ccc(/C=C/c3ccc(-c4ccc(/C=C(\C#N)C(=O)O)s4)cc3)cc2)cc1. The van der Waals surface area contributed by atoms with E-state index in [2.05, 4.69) is 89.9 Å². The van der Waals surface area contributed by atoms with E-state index in [1.54, 1.807) is 12.1 Å². The molecule has 0 radical (unpaired) electrons. The van der Waals surface area contributed by atoms with Crippen molar-refractivity contribution < 1.29 is 24.5 Å². The topological polar surface area (TPSA) is 135 Å². The van der Waals surface area contributed by atoms with Gasteiger partial charge in [-0.15, -0.1) is 22.7 Å². The number of aliphatic carboxylic acids is 2. The van der Waals surface area contributed by atoms with Gasteiger partial charge in [0.1, 0.15) is 29.0 Å². The van der Waals surface area contributed by atoms with Gasteiger partial charge in [-0.3, -0.25) is 0 Å². The quantitative estimate of drug-likeness (QED) is 0.0592. The molecule has 62 heavy (non-hydrogen) atoms. The number of benzene rings is 5. The van der Waals surface area contributed by atoms with E-state index in [4.69, 9.17) is 25.5 Å². The summed E-state index contributed by atoms with van der Waals surface area (Å²) in [6.45, 7) is 2.55. The average Bonchev–Trinajstić information content (AvgIpc) is 3.98. The van der Waals surface area contributed by atoms with Crippen LogP contribution in [-0.4, -0.2) is 28.8 Å². The molecule has 10 heteroatoms. The number of carboxylic acids is 2. The van der Waals surface area contributed by atoms with Crippen molar-refractivity contribution >= 4 is 88.1 Å². The molecule has 0 atom stereocenters. The Labute approximate surface area is 367 Å². The summed E-state index contributed by atoms with van der Waals surface area (Å²) in [6, 6.07) is 52.1. The molecule has 2 heterocycles. The van der Waals surface area contributed by atoms with Gasteiger partial charge in [0.05, 0.1) is 6.61 Å². The summed E-state index contributed by atoms with van der Waals surface area (Å²) in [6.07, 6.45) is 11.1. The molecule has 0 saturated carbocycles. The Morgan fingerprint density at radius 1 is 0.532 bits per heavy atom. The third-order valence-electron chi connectivity index (χ3n) is 9.56. The van der Waals surface area contributed by atoms with E-state index >= 15 is 0 Å². The van der Waals surface area contributed by atoms with Crippen LogP contribution in [0, 0.1) is 22.7 Å². The molecule has 302 valence electrons. The van der Waals surface area contributed by atoms with Gasteiger partial charge < -0.3 is 19.8 Å². The van der Waals surface area contributed by atoms with Gasteiger partial charge in [-0.1, -0.05) is 97.1 Å². The Morgan fingerprint density at radius 3 is 1.19 bits per heavy atom. The maximum atomic E-state index is 11.2. The molecule has 7 rings (SSSR count). The first-order valence-electron chi connectivity index (χ1n) is 19.4. The molecular formula is C52H37N3O5S2. The first kappa shape index (κ1) is 42.1. The summed E-state index contributed by atoms with van der Waals surface area (Å²) in [5.41, 5.74) is 8.56. The smallest absolute Gasteiger partial charge is 0.346 e. The second kappa shape index (κ2) is 19.8. The number of carbonyl (C=O) groups is 2. The molecule has 0 saturated heterocycles. The van der Waals surface area contributed by atoms with Crippen LogP contribution in [0.25, 0.3) is 57.3 Å². The van der Waals surface area contributed by atoms with E-state index in [1.165, 1.54) is 34.8 Å². The van der Waals surface area contributed by atoms with E-state index < -0.39 is 11.9 Å². The summed E-state index contributed by atoms with van der Waals surface area (Å²) in [5.74, 6) is -1.67. The minimum atomic E-state index is -1.24. The van der Waals surface area contributed by atoms with Gasteiger partial charge in [0.15, 0.2) is 0 Å². The van der Waals surface area contributed by atoms with Gasteiger partial charge in [0.25, 0.3) is 0 Å². The van der Waals surface area contributed by atoms with Gasteiger partial charge in [-0.05, 0) is 125 Å². The predicted octanol–water partition coefficient (Wildman–Crippen LogP) is 13.3. The van der Waals surface area contributed by atoms with Crippen molar-refractivity contribution in [3.63, 3.8) is 0 Å². The molecule has 0 aliphatic carbocycles. The maximum absolute atomic E-state index is 11.2. The van der Waals surface area contributed by atoms with Gasteiger partial charge >= 0.3 is 11.9 Å². The highest BCUT2D eigenvalue weighted by atomic mass is 32.1. The average molecular weight is 848 g/mol. The molecule has 0 amide bonds. The van der Waals surface area contributed by atoms with E-state index in [9.17, 15) is 9.59 Å². The van der Waals surface area contributed by atoms with Crippen LogP contribution in [0.5, 0.6) is 5.75 Å². The minimum Gasteiger partial charge on any atom is -0.494 e. The second-order valence-electron chi connectivity index (χ2n) is 13.7. The standard InChI is InChI=1S/C52H37N3O5S2/c1-2-60-46-25-23-45(24-26-46)55(43-19-11-37(12-20-43)5-3-35-7-15-39(16-8-35)49-29-27-47(61-49)31-41(33-53)51(56)57)44-21-13-38(14-22-44)6-4-36-9-17-40(18-10-36)50-30-28-48(62-50)32-42(34-54)52(58)59/h3-32H,2H2,1H3,(H,56,57)(H,58,59)/b5-3+,6-4+,41-31+,42-32+. The van der Waals surface area contributed by atoms with Crippen LogP contribution in [0.15, 0.2) is 157 Å². The van der Waals surface area contributed by atoms with Crippen molar-refractivity contribution in [3.8, 4) is 38.8 Å². The molecule has 8 nitrogen and oxygen atoms in total. The number of thiophene rings is 2. The molecule has 0 spiro atoms. The fourth-order valence-electron chi connectivity index (χ4n) is 6.42. The van der Waals surface area contributed by atoms with Crippen molar-refractivity contribution in [2.45, 2.75) is 6.92 Å². The number of nitrogens with zero attached hydrogens (tertiary/aromatic N) is 3. The number of hydrogen-bond donors (Lipinski definition) is 2. The number of rotatable bonds is 15. The third kappa shape index (κ3) is 10.6. The Balaban J connectivity index is 1.04. The first-order chi connectivity index (χ1) is 30.2. The van der Waals surface area contributed by atoms with E-state index in [0.717, 1.165) is 65.9 Å². The molecule has 0 fully saturated rings. The minimum absolute atomic E-state index is 0.295. The van der Waals surface area contributed by atoms with Crippen molar-refractivity contribution in [3.05, 3.63) is 189 Å². The van der Waals surface area contributed by atoms with Gasteiger partial charge in [-0.25, -0.2) is 9.59 Å². The predicted molar refractivity (Wildman–Crippen MR) is 252 cm³/mol. The fourth-order valence-corrected chi connectivity index (χ4v) is 8.33. The summed E-state index contributed by atoms with van der Waals surface area (Å²) in [5, 5.41) is 36.5. The lowest BCUT2D eigenvalue weighted by Gasteiger charge is -2.26. The number of nitriles is 2. The van der Waals surface area contributed by atoms with Crippen molar-refractivity contribution in [2.75, 3.05) is 11.5 Å². The number of anilines is 3. The molecular weight excluding hydrogens is 811 g/mol. The number of carboxylic acid groups (broad SMARTS) is 2. The zero-order chi connectivity index (χ0) is 43.4. The van der Waals surface area contributed by atoms with Crippen molar-refractivity contribution in [1.29, 1.82) is 10.5 Å². The Hall–Kier alpha value is -8.02. The molecule has 7 aromatic rings. The first-order valence-corrected chi connectivity index (χ1v) is 21.0. The van der Waals surface area contributed by atoms with Crippen LogP contribution < -0.4 is 9.64 Å². The molecule has 5 aromatic carbocycles. The summed E-state index contributed by atoms with van der Waals surface area (Å²) in [4.78, 5) is 28.0. The van der Waals surface area contributed by atoms with Crippen LogP contribution in [0.1, 0.15) is 38.9 Å². The summed E-state index contributed by atoms with van der Waals surface area (Å²) in [7, 11) is 0. The zero-order valence-electron chi connectivity index (χ0n) is 33.3. The van der Waals surface area contributed by atoms with Crippen molar-refractivity contribution in [1.82, 2.24) is 0 Å². The fraction of sp³-hybridized carbons (Fsp3) is 0.0385. The third-order valence-corrected chi connectivity index (χ3v) is 11.7. The normalized spacial score (nSPS) is 11.7. The highest BCUT2D eigenvalue weighted by Gasteiger charge is 2.14. The monoisotopic (exact) mass is 847 g/mol. The molecule has 2 aromatic heterocycles. The van der Waals surface area contributed by atoms with Crippen molar-refractivity contribution in [2.24, 2.45) is 0 Å². The molecule has 0 unspecified atom stereocenters.